The van der Waals surface area contributed by atoms with Crippen LogP contribution in [0.25, 0.3) is 0 Å². The van der Waals surface area contributed by atoms with E-state index >= 15 is 0 Å². The molecule has 4 nitrogen and oxygen atoms in total. The Morgan fingerprint density at radius 2 is 1.07 bits per heavy atom. The molecular weight excluding hydrogens is 504 g/mol. The molecule has 1 amide bonds. The molecule has 1 N–H and O–H groups in total. The van der Waals surface area contributed by atoms with Gasteiger partial charge in [0, 0.05) is 13.6 Å². The van der Waals surface area contributed by atoms with Crippen LogP contribution in [0.15, 0.2) is 36.5 Å². The van der Waals surface area contributed by atoms with Gasteiger partial charge in [0.2, 0.25) is 0 Å². The average molecular weight is 575 g/mol. The van der Waals surface area contributed by atoms with Crippen molar-refractivity contribution in [2.45, 2.75) is 162 Å². The molecule has 4 heteroatoms. The fraction of sp³-hybridized carbons (Fsp3) is 0.811. The maximum atomic E-state index is 13.1. The minimum atomic E-state index is -0.158. The number of nitrogens with zero attached hydrogens (tertiary/aromatic N) is 1. The van der Waals surface area contributed by atoms with Gasteiger partial charge < -0.3 is 15.0 Å². The highest BCUT2D eigenvalue weighted by molar-refractivity contribution is 5.67. The topological polar surface area (TPSA) is 41.6 Å². The van der Waals surface area contributed by atoms with Crippen LogP contribution in [0.5, 0.6) is 0 Å². The van der Waals surface area contributed by atoms with Gasteiger partial charge in [-0.1, -0.05) is 95.8 Å². The standard InChI is InChI=1S/C37H70N2O2/c1-6-9-12-15-18-21-23-26-30-35(31-27-24-22-19-16-13-10-7-2)36(32-28-25-20-17-14-11-8-3)41-37(40)39(5)34-29-33-38-4/h18-22,25,35-36,38H,6-17,23-24,26-34H2,1-5H3/b21-18-,22-19-,25-20-. The van der Waals surface area contributed by atoms with Crippen LogP contribution >= 0.6 is 0 Å². The fourth-order valence-electron chi connectivity index (χ4n) is 5.21. The molecule has 0 saturated carbocycles. The lowest BCUT2D eigenvalue weighted by molar-refractivity contribution is 0.0290. The van der Waals surface area contributed by atoms with Crippen LogP contribution < -0.4 is 5.32 Å². The number of carbonyl (C=O) groups is 1. The van der Waals surface area contributed by atoms with Crippen molar-refractivity contribution in [1.82, 2.24) is 10.2 Å². The van der Waals surface area contributed by atoms with Crippen molar-refractivity contribution >= 4 is 6.09 Å². The molecule has 0 radical (unpaired) electrons. The Hall–Kier alpha value is -1.55. The van der Waals surface area contributed by atoms with Gasteiger partial charge in [-0.2, -0.15) is 0 Å². The Bertz CT molecular complexity index is 617. The van der Waals surface area contributed by atoms with Gasteiger partial charge in [-0.3, -0.25) is 0 Å². The lowest BCUT2D eigenvalue weighted by Crippen LogP contribution is -2.35. The largest absolute Gasteiger partial charge is 0.446 e. The molecule has 1 atom stereocenters. The summed E-state index contributed by atoms with van der Waals surface area (Å²) in [7, 11) is 3.83. The first-order valence-electron chi connectivity index (χ1n) is 17.6. The van der Waals surface area contributed by atoms with E-state index in [1.165, 1.54) is 83.5 Å². The molecule has 0 saturated heterocycles. The number of hydrogen-bond acceptors (Lipinski definition) is 3. The number of amides is 1. The van der Waals surface area contributed by atoms with E-state index in [4.69, 9.17) is 4.74 Å². The number of carbonyl (C=O) groups excluding carboxylic acids is 1. The van der Waals surface area contributed by atoms with E-state index < -0.39 is 0 Å². The lowest BCUT2D eigenvalue weighted by Gasteiger charge is -2.29. The predicted octanol–water partition coefficient (Wildman–Crippen LogP) is 11.2. The molecular formula is C37H70N2O2. The van der Waals surface area contributed by atoms with Crippen molar-refractivity contribution in [3.8, 4) is 0 Å². The Morgan fingerprint density at radius 1 is 0.634 bits per heavy atom. The Morgan fingerprint density at radius 3 is 1.51 bits per heavy atom. The minimum absolute atomic E-state index is 0.0170. The molecule has 0 bridgehead atoms. The summed E-state index contributed by atoms with van der Waals surface area (Å²) in [5, 5.41) is 3.17. The van der Waals surface area contributed by atoms with Gasteiger partial charge >= 0.3 is 6.09 Å². The quantitative estimate of drug-likeness (QED) is 0.0713. The van der Waals surface area contributed by atoms with Crippen molar-refractivity contribution < 1.29 is 9.53 Å². The molecule has 0 fully saturated rings. The number of nitrogens with one attached hydrogen (secondary N) is 1. The molecule has 0 rings (SSSR count). The zero-order valence-electron chi connectivity index (χ0n) is 28.1. The normalized spacial score (nSPS) is 12.8. The molecule has 1 unspecified atom stereocenters. The highest BCUT2D eigenvalue weighted by Gasteiger charge is 2.25. The monoisotopic (exact) mass is 575 g/mol. The van der Waals surface area contributed by atoms with E-state index in [0.29, 0.717) is 5.92 Å². The van der Waals surface area contributed by atoms with Crippen LogP contribution in [0.3, 0.4) is 0 Å². The van der Waals surface area contributed by atoms with Crippen LogP contribution in [-0.2, 0) is 4.74 Å². The van der Waals surface area contributed by atoms with Crippen LogP contribution in [0, 0.1) is 5.92 Å². The van der Waals surface area contributed by atoms with Crippen LogP contribution in [-0.4, -0.2) is 44.3 Å². The van der Waals surface area contributed by atoms with Gasteiger partial charge in [0.15, 0.2) is 0 Å². The summed E-state index contributed by atoms with van der Waals surface area (Å²) in [5.74, 6) is 0.417. The molecule has 240 valence electrons. The summed E-state index contributed by atoms with van der Waals surface area (Å²) in [6, 6.07) is 0. The minimum Gasteiger partial charge on any atom is -0.446 e. The highest BCUT2D eigenvalue weighted by Crippen LogP contribution is 2.27. The van der Waals surface area contributed by atoms with Gasteiger partial charge in [0.05, 0.1) is 0 Å². The van der Waals surface area contributed by atoms with Gasteiger partial charge in [0.1, 0.15) is 6.10 Å². The Kier molecular flexibility index (Phi) is 30.2. The second kappa shape index (κ2) is 31.4. The molecule has 0 aromatic heterocycles. The van der Waals surface area contributed by atoms with Crippen molar-refractivity contribution in [3.63, 3.8) is 0 Å². The third-order valence-corrected chi connectivity index (χ3v) is 7.94. The first kappa shape index (κ1) is 39.5. The molecule has 0 aliphatic carbocycles. The summed E-state index contributed by atoms with van der Waals surface area (Å²) in [5.41, 5.74) is 0. The van der Waals surface area contributed by atoms with Gasteiger partial charge in [-0.15, -0.1) is 0 Å². The second-order valence-corrected chi connectivity index (χ2v) is 11.9. The van der Waals surface area contributed by atoms with Gasteiger partial charge in [0.25, 0.3) is 0 Å². The molecule has 0 aromatic rings. The highest BCUT2D eigenvalue weighted by atomic mass is 16.6. The summed E-state index contributed by atoms with van der Waals surface area (Å²) < 4.78 is 6.29. The average Bonchev–Trinajstić information content (AvgIpc) is 2.97. The van der Waals surface area contributed by atoms with E-state index in [1.807, 2.05) is 14.1 Å². The maximum Gasteiger partial charge on any atom is 0.409 e. The lowest BCUT2D eigenvalue weighted by atomic mass is 9.88. The molecule has 0 spiro atoms. The zero-order chi connectivity index (χ0) is 30.2. The number of ether oxygens (including phenoxy) is 1. The first-order valence-corrected chi connectivity index (χ1v) is 17.6. The van der Waals surface area contributed by atoms with Gasteiger partial charge in [-0.25, -0.2) is 4.79 Å². The predicted molar refractivity (Wildman–Crippen MR) is 182 cm³/mol. The van der Waals surface area contributed by atoms with E-state index in [2.05, 4.69) is 62.5 Å². The van der Waals surface area contributed by atoms with E-state index in [9.17, 15) is 4.79 Å². The number of rotatable bonds is 29. The van der Waals surface area contributed by atoms with Crippen LogP contribution in [0.2, 0.25) is 0 Å². The third kappa shape index (κ3) is 25.9. The Balaban J connectivity index is 5.24. The molecule has 0 aliphatic rings. The van der Waals surface area contributed by atoms with Crippen LogP contribution in [0.4, 0.5) is 4.79 Å². The Labute approximate surface area is 256 Å². The number of hydrogen-bond donors (Lipinski definition) is 1. The van der Waals surface area contributed by atoms with Crippen molar-refractivity contribution in [2.24, 2.45) is 5.92 Å². The van der Waals surface area contributed by atoms with Crippen molar-refractivity contribution in [2.75, 3.05) is 27.2 Å². The first-order chi connectivity index (χ1) is 20.1. The van der Waals surface area contributed by atoms with Gasteiger partial charge in [-0.05, 0) is 116 Å². The van der Waals surface area contributed by atoms with E-state index in [1.54, 1.807) is 4.90 Å². The van der Waals surface area contributed by atoms with E-state index in [0.717, 1.165) is 64.5 Å². The number of unbranched alkanes of at least 4 members (excludes halogenated alkanes) is 11. The molecule has 41 heavy (non-hydrogen) atoms. The van der Waals surface area contributed by atoms with Crippen LogP contribution in [0.1, 0.15) is 156 Å². The summed E-state index contributed by atoms with van der Waals surface area (Å²) in [6.45, 7) is 8.41. The molecule has 0 aromatic carbocycles. The second-order valence-electron chi connectivity index (χ2n) is 11.9. The fourth-order valence-corrected chi connectivity index (χ4v) is 5.21. The van der Waals surface area contributed by atoms with E-state index in [-0.39, 0.29) is 12.2 Å². The number of allylic oxidation sites excluding steroid dienone is 6. The SMILES string of the molecule is CCCCC/C=C\CCCC(CCC/C=C\CCCCC)C(CC/C=C\CCCCC)OC(=O)N(C)CCCNC. The summed E-state index contributed by atoms with van der Waals surface area (Å²) in [6.07, 6.45) is 38.8. The smallest absolute Gasteiger partial charge is 0.409 e. The third-order valence-electron chi connectivity index (χ3n) is 7.94. The zero-order valence-corrected chi connectivity index (χ0v) is 28.1. The summed E-state index contributed by atoms with van der Waals surface area (Å²) >= 11 is 0. The van der Waals surface area contributed by atoms with Crippen molar-refractivity contribution in [1.29, 1.82) is 0 Å². The molecule has 0 aliphatic heterocycles. The van der Waals surface area contributed by atoms with Crippen molar-refractivity contribution in [3.05, 3.63) is 36.5 Å². The maximum absolute atomic E-state index is 13.1. The molecule has 0 heterocycles. The summed E-state index contributed by atoms with van der Waals surface area (Å²) in [4.78, 5) is 14.9.